The lowest BCUT2D eigenvalue weighted by atomic mass is 10.1. The molecule has 1 aliphatic heterocycles. The number of Topliss-reactive ketones (excluding diaryl/α,β-unsaturated/α-hetero) is 1. The van der Waals surface area contributed by atoms with Crippen LogP contribution in [0.4, 0.5) is 5.82 Å². The van der Waals surface area contributed by atoms with E-state index in [1.807, 2.05) is 6.92 Å². The Kier molecular flexibility index (Phi) is 4.11. The van der Waals surface area contributed by atoms with E-state index < -0.39 is 5.91 Å². The second kappa shape index (κ2) is 5.82. The quantitative estimate of drug-likeness (QED) is 0.682. The molecule has 2 rings (SSSR count). The Hall–Kier alpha value is -2.57. The average Bonchev–Trinajstić information content (AvgIpc) is 2.45. The van der Waals surface area contributed by atoms with Crippen molar-refractivity contribution in [2.24, 2.45) is 10.2 Å². The minimum atomic E-state index is -0.407. The fourth-order valence-corrected chi connectivity index (χ4v) is 1.95. The van der Waals surface area contributed by atoms with Crippen LogP contribution in [0.3, 0.4) is 0 Å². The SMILES string of the molecule is CC(=O)c1cccnc1N=NC1=C(O)CC(C)N(C)C1=O. The first-order valence-corrected chi connectivity index (χ1v) is 6.48. The number of amides is 1. The van der Waals surface area contributed by atoms with Crippen LogP contribution in [0.2, 0.25) is 0 Å². The fraction of sp³-hybridized carbons (Fsp3) is 0.357. The number of hydrogen-bond acceptors (Lipinski definition) is 6. The van der Waals surface area contributed by atoms with Gasteiger partial charge in [-0.25, -0.2) is 4.98 Å². The molecule has 0 radical (unpaired) electrons. The Balaban J connectivity index is 2.36. The largest absolute Gasteiger partial charge is 0.510 e. The number of likely N-dealkylation sites (N-methyl/N-ethyl adjacent to an activating group) is 1. The molecule has 0 spiro atoms. The van der Waals surface area contributed by atoms with Crippen LogP contribution in [-0.2, 0) is 4.79 Å². The van der Waals surface area contributed by atoms with E-state index in [0.29, 0.717) is 12.0 Å². The van der Waals surface area contributed by atoms with E-state index in [0.717, 1.165) is 0 Å². The van der Waals surface area contributed by atoms with Crippen molar-refractivity contribution in [1.82, 2.24) is 9.88 Å². The summed E-state index contributed by atoms with van der Waals surface area (Å²) in [5.41, 5.74) is 0.196. The monoisotopic (exact) mass is 288 g/mol. The lowest BCUT2D eigenvalue weighted by Crippen LogP contribution is -2.40. The van der Waals surface area contributed by atoms with Gasteiger partial charge in [0, 0.05) is 25.7 Å². The van der Waals surface area contributed by atoms with Crippen LogP contribution in [0.1, 0.15) is 30.6 Å². The molecule has 0 saturated carbocycles. The fourth-order valence-electron chi connectivity index (χ4n) is 1.95. The highest BCUT2D eigenvalue weighted by Gasteiger charge is 2.29. The number of azo groups is 1. The summed E-state index contributed by atoms with van der Waals surface area (Å²) in [6.45, 7) is 3.22. The minimum absolute atomic E-state index is 0.0981. The molecule has 1 atom stereocenters. The molecule has 7 heteroatoms. The van der Waals surface area contributed by atoms with E-state index in [4.69, 9.17) is 0 Å². The molecule has 1 aromatic rings. The molecule has 1 N–H and O–H groups in total. The number of pyridine rings is 1. The lowest BCUT2D eigenvalue weighted by Gasteiger charge is -2.29. The molecule has 0 saturated heterocycles. The van der Waals surface area contributed by atoms with E-state index in [9.17, 15) is 14.7 Å². The van der Waals surface area contributed by atoms with Gasteiger partial charge in [-0.15, -0.1) is 10.2 Å². The van der Waals surface area contributed by atoms with Gasteiger partial charge in [-0.3, -0.25) is 9.59 Å². The molecule has 1 amide bonds. The van der Waals surface area contributed by atoms with Crippen LogP contribution in [-0.4, -0.2) is 39.8 Å². The number of rotatable bonds is 3. The molecule has 21 heavy (non-hydrogen) atoms. The molecule has 0 aromatic carbocycles. The summed E-state index contributed by atoms with van der Waals surface area (Å²) in [6.07, 6.45) is 1.80. The molecule has 0 bridgehead atoms. The Bertz CT molecular complexity index is 651. The van der Waals surface area contributed by atoms with Crippen LogP contribution in [0.5, 0.6) is 0 Å². The molecule has 1 aromatic heterocycles. The van der Waals surface area contributed by atoms with Gasteiger partial charge in [0.05, 0.1) is 5.56 Å². The van der Waals surface area contributed by atoms with E-state index >= 15 is 0 Å². The molecule has 7 nitrogen and oxygen atoms in total. The number of carbonyl (C=O) groups is 2. The third-order valence-electron chi connectivity index (χ3n) is 3.36. The number of carbonyl (C=O) groups excluding carboxylic acids is 2. The van der Waals surface area contributed by atoms with Crippen molar-refractivity contribution in [3.05, 3.63) is 35.3 Å². The Morgan fingerprint density at radius 3 is 2.86 bits per heavy atom. The van der Waals surface area contributed by atoms with Gasteiger partial charge in [0.2, 0.25) is 0 Å². The molecule has 1 unspecified atom stereocenters. The van der Waals surface area contributed by atoms with Gasteiger partial charge >= 0.3 is 0 Å². The number of ketones is 1. The Morgan fingerprint density at radius 2 is 2.19 bits per heavy atom. The van der Waals surface area contributed by atoms with E-state index in [-0.39, 0.29) is 29.1 Å². The maximum absolute atomic E-state index is 12.1. The Labute approximate surface area is 122 Å². The van der Waals surface area contributed by atoms with Gasteiger partial charge in [0.25, 0.3) is 5.91 Å². The van der Waals surface area contributed by atoms with Crippen molar-refractivity contribution in [2.45, 2.75) is 26.3 Å². The van der Waals surface area contributed by atoms with Crippen molar-refractivity contribution < 1.29 is 14.7 Å². The molecule has 2 heterocycles. The highest BCUT2D eigenvalue weighted by molar-refractivity contribution is 5.98. The first-order valence-electron chi connectivity index (χ1n) is 6.48. The number of aromatic nitrogens is 1. The standard InChI is InChI=1S/C14H16N4O3/c1-8-7-11(20)12(14(21)18(8)3)16-17-13-10(9(2)19)5-4-6-15-13/h4-6,8,20H,7H2,1-3H3. The summed E-state index contributed by atoms with van der Waals surface area (Å²) in [4.78, 5) is 29.0. The topological polar surface area (TPSA) is 95.2 Å². The summed E-state index contributed by atoms with van der Waals surface area (Å²) >= 11 is 0. The number of aliphatic hydroxyl groups is 1. The van der Waals surface area contributed by atoms with Gasteiger partial charge in [-0.2, -0.15) is 0 Å². The summed E-state index contributed by atoms with van der Waals surface area (Å²) in [7, 11) is 1.64. The van der Waals surface area contributed by atoms with Crippen molar-refractivity contribution in [1.29, 1.82) is 0 Å². The summed E-state index contributed by atoms with van der Waals surface area (Å²) < 4.78 is 0. The van der Waals surface area contributed by atoms with Gasteiger partial charge in [0.15, 0.2) is 17.3 Å². The molecular formula is C14H16N4O3. The number of hydrogen-bond donors (Lipinski definition) is 1. The normalized spacial score (nSPS) is 19.5. The van der Waals surface area contributed by atoms with Crippen LogP contribution >= 0.6 is 0 Å². The number of aliphatic hydroxyl groups excluding tert-OH is 1. The average molecular weight is 288 g/mol. The third kappa shape index (κ3) is 2.96. The van der Waals surface area contributed by atoms with Crippen molar-refractivity contribution >= 4 is 17.5 Å². The predicted molar refractivity (Wildman–Crippen MR) is 75.3 cm³/mol. The zero-order valence-electron chi connectivity index (χ0n) is 12.1. The van der Waals surface area contributed by atoms with E-state index in [1.54, 1.807) is 19.2 Å². The highest BCUT2D eigenvalue weighted by Crippen LogP contribution is 2.24. The maximum Gasteiger partial charge on any atom is 0.277 e. The molecule has 0 fully saturated rings. The highest BCUT2D eigenvalue weighted by atomic mass is 16.3. The first kappa shape index (κ1) is 14.8. The summed E-state index contributed by atoms with van der Waals surface area (Å²) in [5.74, 6) is -0.583. The predicted octanol–water partition coefficient (Wildman–Crippen LogP) is 2.39. The summed E-state index contributed by atoms with van der Waals surface area (Å²) in [5, 5.41) is 17.5. The van der Waals surface area contributed by atoms with Crippen molar-refractivity contribution in [2.75, 3.05) is 7.05 Å². The van der Waals surface area contributed by atoms with Gasteiger partial charge in [-0.05, 0) is 26.0 Å². The molecule has 1 aliphatic rings. The van der Waals surface area contributed by atoms with Crippen molar-refractivity contribution in [3.63, 3.8) is 0 Å². The van der Waals surface area contributed by atoms with E-state index in [2.05, 4.69) is 15.2 Å². The maximum atomic E-state index is 12.1. The zero-order valence-corrected chi connectivity index (χ0v) is 12.1. The van der Waals surface area contributed by atoms with Gasteiger partial charge in [-0.1, -0.05) is 0 Å². The van der Waals surface area contributed by atoms with Crippen LogP contribution in [0, 0.1) is 0 Å². The number of nitrogens with zero attached hydrogens (tertiary/aromatic N) is 4. The second-order valence-electron chi connectivity index (χ2n) is 4.90. The van der Waals surface area contributed by atoms with E-state index in [1.165, 1.54) is 18.0 Å². The van der Waals surface area contributed by atoms with Crippen LogP contribution in [0.25, 0.3) is 0 Å². The van der Waals surface area contributed by atoms with Crippen LogP contribution < -0.4 is 0 Å². The molecular weight excluding hydrogens is 272 g/mol. The van der Waals surface area contributed by atoms with Gasteiger partial charge < -0.3 is 10.0 Å². The van der Waals surface area contributed by atoms with Gasteiger partial charge in [0.1, 0.15) is 5.76 Å². The van der Waals surface area contributed by atoms with Crippen molar-refractivity contribution in [3.8, 4) is 0 Å². The smallest absolute Gasteiger partial charge is 0.277 e. The molecule has 110 valence electrons. The molecule has 0 aliphatic carbocycles. The summed E-state index contributed by atoms with van der Waals surface area (Å²) in [6, 6.07) is 3.10. The third-order valence-corrected chi connectivity index (χ3v) is 3.36. The second-order valence-corrected chi connectivity index (χ2v) is 4.90. The zero-order chi connectivity index (χ0) is 15.6. The Morgan fingerprint density at radius 1 is 1.48 bits per heavy atom. The lowest BCUT2D eigenvalue weighted by molar-refractivity contribution is -0.129. The first-order chi connectivity index (χ1) is 9.91. The minimum Gasteiger partial charge on any atom is -0.510 e. The van der Waals surface area contributed by atoms with Crippen LogP contribution in [0.15, 0.2) is 40.0 Å².